The minimum atomic E-state index is -0.465. The quantitative estimate of drug-likeness (QED) is 0.615. The van der Waals surface area contributed by atoms with Gasteiger partial charge in [0.15, 0.2) is 0 Å². The van der Waals surface area contributed by atoms with Crippen molar-refractivity contribution < 1.29 is 14.0 Å². The summed E-state index contributed by atoms with van der Waals surface area (Å²) in [5.41, 5.74) is 0.911. The Morgan fingerprint density at radius 1 is 0.923 bits per heavy atom. The molecule has 4 rings (SSSR count). The smallest absolute Gasteiger partial charge is 0.138 e. The molecule has 3 aromatic rings. The van der Waals surface area contributed by atoms with E-state index in [1.165, 1.54) is 22.8 Å². The van der Waals surface area contributed by atoms with Gasteiger partial charge < -0.3 is 14.0 Å². The molecule has 0 spiro atoms. The molecule has 0 aliphatic carbocycles. The summed E-state index contributed by atoms with van der Waals surface area (Å²) in [6, 6.07) is 22.3. The van der Waals surface area contributed by atoms with Crippen molar-refractivity contribution in [2.45, 2.75) is 23.8 Å². The minimum Gasteiger partial charge on any atom is -0.421 e. The molecule has 0 aromatic heterocycles. The number of hydrogen-bond donors (Lipinski definition) is 1. The Bertz CT molecular complexity index is 874. The van der Waals surface area contributed by atoms with Gasteiger partial charge >= 0.3 is 0 Å². The Kier molecular flexibility index (Phi) is 5.44. The Morgan fingerprint density at radius 2 is 1.73 bits per heavy atom. The van der Waals surface area contributed by atoms with Gasteiger partial charge in [-0.25, -0.2) is 0 Å². The van der Waals surface area contributed by atoms with Gasteiger partial charge in [0.1, 0.15) is 5.75 Å². The molecule has 3 aromatic carbocycles. The van der Waals surface area contributed by atoms with Crippen LogP contribution in [0, 0.1) is 5.92 Å². The van der Waals surface area contributed by atoms with Crippen molar-refractivity contribution >= 4 is 22.8 Å². The Morgan fingerprint density at radius 3 is 2.58 bits per heavy atom. The van der Waals surface area contributed by atoms with Gasteiger partial charge in [-0.1, -0.05) is 42.5 Å². The molecule has 1 N–H and O–H groups in total. The normalized spacial score (nSPS) is 16.5. The summed E-state index contributed by atoms with van der Waals surface area (Å²) in [5, 5.41) is 13.1. The van der Waals surface area contributed by atoms with Gasteiger partial charge in [0, 0.05) is 18.1 Å². The van der Waals surface area contributed by atoms with E-state index in [1.807, 2.05) is 36.4 Å². The molecule has 1 saturated heterocycles. The average molecular weight is 366 g/mol. The van der Waals surface area contributed by atoms with E-state index in [9.17, 15) is 5.11 Å². The average Bonchev–Trinajstić information content (AvgIpc) is 2.72. The van der Waals surface area contributed by atoms with Crippen molar-refractivity contribution in [2.75, 3.05) is 13.2 Å². The first kappa shape index (κ1) is 17.4. The van der Waals surface area contributed by atoms with Crippen molar-refractivity contribution in [3.8, 4) is 5.75 Å². The van der Waals surface area contributed by atoms with Crippen molar-refractivity contribution in [1.29, 1.82) is 0 Å². The highest BCUT2D eigenvalue weighted by Crippen LogP contribution is 2.33. The predicted octanol–water partition coefficient (Wildman–Crippen LogP) is 5.39. The number of rotatable bonds is 5. The fraction of sp³-hybridized carbons (Fsp3) is 0.273. The van der Waals surface area contributed by atoms with Crippen LogP contribution in [-0.4, -0.2) is 18.3 Å². The van der Waals surface area contributed by atoms with Crippen LogP contribution in [0.25, 0.3) is 10.8 Å². The van der Waals surface area contributed by atoms with Crippen LogP contribution in [-0.2, 0) is 4.74 Å². The van der Waals surface area contributed by atoms with Gasteiger partial charge in [0.25, 0.3) is 0 Å². The molecule has 134 valence electrons. The van der Waals surface area contributed by atoms with E-state index < -0.39 is 6.10 Å². The van der Waals surface area contributed by atoms with Gasteiger partial charge in [-0.05, 0) is 59.4 Å². The molecule has 1 unspecified atom stereocenters. The van der Waals surface area contributed by atoms with Crippen LogP contribution >= 0.6 is 12.0 Å². The molecule has 4 heteroatoms. The topological polar surface area (TPSA) is 38.7 Å². The highest BCUT2D eigenvalue weighted by atomic mass is 32.2. The molecule has 1 aliphatic rings. The van der Waals surface area contributed by atoms with E-state index in [4.69, 9.17) is 8.92 Å². The fourth-order valence-corrected chi connectivity index (χ4v) is 3.96. The van der Waals surface area contributed by atoms with Crippen LogP contribution in [0.2, 0.25) is 0 Å². The lowest BCUT2D eigenvalue weighted by molar-refractivity contribution is 0.00715. The highest BCUT2D eigenvalue weighted by molar-refractivity contribution is 7.95. The third-order valence-electron chi connectivity index (χ3n) is 4.87. The lowest BCUT2D eigenvalue weighted by Crippen LogP contribution is -2.21. The van der Waals surface area contributed by atoms with Gasteiger partial charge in [0.2, 0.25) is 0 Å². The molecule has 1 aliphatic heterocycles. The molecule has 0 radical (unpaired) electrons. The molecule has 3 nitrogen and oxygen atoms in total. The molecular formula is C22H22O3S. The maximum atomic E-state index is 10.7. The molecule has 1 atom stereocenters. The molecule has 0 saturated carbocycles. The fourth-order valence-electron chi connectivity index (χ4n) is 3.37. The Labute approximate surface area is 158 Å². The van der Waals surface area contributed by atoms with Crippen LogP contribution in [0.4, 0.5) is 0 Å². The van der Waals surface area contributed by atoms with E-state index in [-0.39, 0.29) is 5.92 Å². The molecule has 1 fully saturated rings. The molecule has 0 bridgehead atoms. The summed E-state index contributed by atoms with van der Waals surface area (Å²) in [5.74, 6) is 1.01. The third kappa shape index (κ3) is 4.04. The van der Waals surface area contributed by atoms with Crippen LogP contribution in [0.1, 0.15) is 24.5 Å². The van der Waals surface area contributed by atoms with E-state index in [2.05, 4.69) is 30.3 Å². The van der Waals surface area contributed by atoms with Gasteiger partial charge in [0.05, 0.1) is 18.1 Å². The van der Waals surface area contributed by atoms with Crippen molar-refractivity contribution in [1.82, 2.24) is 0 Å². The number of ether oxygens (including phenoxy) is 1. The van der Waals surface area contributed by atoms with Crippen LogP contribution in [0.3, 0.4) is 0 Å². The monoisotopic (exact) mass is 366 g/mol. The van der Waals surface area contributed by atoms with Crippen molar-refractivity contribution in [3.05, 3.63) is 72.3 Å². The second-order valence-corrected chi connectivity index (χ2v) is 7.45. The second kappa shape index (κ2) is 8.12. The lowest BCUT2D eigenvalue weighted by Gasteiger charge is -2.27. The maximum Gasteiger partial charge on any atom is 0.138 e. The van der Waals surface area contributed by atoms with Crippen LogP contribution in [0.15, 0.2) is 71.6 Å². The molecule has 26 heavy (non-hydrogen) atoms. The van der Waals surface area contributed by atoms with E-state index in [0.29, 0.717) is 0 Å². The second-order valence-electron chi connectivity index (χ2n) is 6.64. The maximum absolute atomic E-state index is 10.7. The van der Waals surface area contributed by atoms with Gasteiger partial charge in [-0.3, -0.25) is 0 Å². The lowest BCUT2D eigenvalue weighted by atomic mass is 9.89. The predicted molar refractivity (Wildman–Crippen MR) is 105 cm³/mol. The zero-order valence-electron chi connectivity index (χ0n) is 14.5. The first-order chi connectivity index (χ1) is 12.8. The first-order valence-electron chi connectivity index (χ1n) is 8.99. The zero-order chi connectivity index (χ0) is 17.8. The largest absolute Gasteiger partial charge is 0.421 e. The van der Waals surface area contributed by atoms with Crippen LogP contribution in [0.5, 0.6) is 5.75 Å². The third-order valence-corrected chi connectivity index (χ3v) is 5.59. The summed E-state index contributed by atoms with van der Waals surface area (Å²) in [4.78, 5) is 1.05. The van der Waals surface area contributed by atoms with Crippen molar-refractivity contribution in [3.63, 3.8) is 0 Å². The Hall–Kier alpha value is -2.01. The van der Waals surface area contributed by atoms with E-state index in [1.54, 1.807) is 0 Å². The van der Waals surface area contributed by atoms with Gasteiger partial charge in [-0.15, -0.1) is 0 Å². The summed E-state index contributed by atoms with van der Waals surface area (Å²) < 4.78 is 11.3. The standard InChI is InChI=1S/C22H22O3S/c23-22(17-10-12-24-13-11-17)19-6-3-7-20(14-19)25-26-21-9-8-16-4-1-2-5-18(16)15-21/h1-9,14-15,17,22-23H,10-13H2. The van der Waals surface area contributed by atoms with Gasteiger partial charge in [-0.2, -0.15) is 0 Å². The summed E-state index contributed by atoms with van der Waals surface area (Å²) in [6.07, 6.45) is 1.34. The highest BCUT2D eigenvalue weighted by Gasteiger charge is 2.23. The number of aliphatic hydroxyl groups excluding tert-OH is 1. The van der Waals surface area contributed by atoms with E-state index >= 15 is 0 Å². The molecule has 0 amide bonds. The van der Waals surface area contributed by atoms with E-state index in [0.717, 1.165) is 42.3 Å². The number of benzene rings is 3. The zero-order valence-corrected chi connectivity index (χ0v) is 15.3. The summed E-state index contributed by atoms with van der Waals surface area (Å²) >= 11 is 1.34. The number of hydrogen-bond acceptors (Lipinski definition) is 4. The van der Waals surface area contributed by atoms with Crippen LogP contribution < -0.4 is 4.18 Å². The first-order valence-corrected chi connectivity index (χ1v) is 9.73. The van der Waals surface area contributed by atoms with Crippen molar-refractivity contribution in [2.24, 2.45) is 5.92 Å². The minimum absolute atomic E-state index is 0.257. The SMILES string of the molecule is OC(c1cccc(OSc2ccc3ccccc3c2)c1)C1CCOCC1. The molecular weight excluding hydrogens is 344 g/mol. The Balaban J connectivity index is 1.44. The number of aliphatic hydroxyl groups is 1. The molecule has 1 heterocycles. The summed E-state index contributed by atoms with van der Waals surface area (Å²) in [6.45, 7) is 1.46. The number of fused-ring (bicyclic) bond motifs is 1. The summed E-state index contributed by atoms with van der Waals surface area (Å²) in [7, 11) is 0.